The molecule has 0 amide bonds. The fraction of sp³-hybridized carbons (Fsp3) is 0.267. The Morgan fingerprint density at radius 1 is 1.05 bits per heavy atom. The van der Waals surface area contributed by atoms with Crippen LogP contribution in [0, 0.1) is 0 Å². The van der Waals surface area contributed by atoms with Crippen molar-refractivity contribution in [2.75, 3.05) is 14.2 Å². The second kappa shape index (κ2) is 6.75. The zero-order valence-corrected chi connectivity index (χ0v) is 11.2. The maximum atomic E-state index is 5.21. The Hall–Kier alpha value is -2.07. The fourth-order valence-electron chi connectivity index (χ4n) is 1.87. The monoisotopic (exact) mass is 258 g/mol. The highest BCUT2D eigenvalue weighted by Gasteiger charge is 2.02. The van der Waals surface area contributed by atoms with E-state index in [4.69, 9.17) is 9.47 Å². The fourth-order valence-corrected chi connectivity index (χ4v) is 1.87. The van der Waals surface area contributed by atoms with Gasteiger partial charge in [0, 0.05) is 24.8 Å². The quantitative estimate of drug-likeness (QED) is 0.864. The van der Waals surface area contributed by atoms with E-state index in [9.17, 15) is 0 Å². The van der Waals surface area contributed by atoms with Crippen molar-refractivity contribution in [3.05, 3.63) is 53.7 Å². The van der Waals surface area contributed by atoms with Crippen LogP contribution in [-0.2, 0) is 13.1 Å². The van der Waals surface area contributed by atoms with E-state index in [0.29, 0.717) is 12.4 Å². The van der Waals surface area contributed by atoms with Crippen LogP contribution < -0.4 is 14.8 Å². The standard InChI is InChI=1S/C15H18N2O2/c1-18-14-7-3-5-12(9-14)10-16-11-13-6-4-8-17-15(13)19-2/h3-9,16H,10-11H2,1-2H3. The van der Waals surface area contributed by atoms with Gasteiger partial charge in [-0.15, -0.1) is 0 Å². The first kappa shape index (κ1) is 13.4. The van der Waals surface area contributed by atoms with Crippen molar-refractivity contribution >= 4 is 0 Å². The first-order valence-electron chi connectivity index (χ1n) is 6.15. The minimum absolute atomic E-state index is 0.667. The molecule has 0 radical (unpaired) electrons. The van der Waals surface area contributed by atoms with Crippen LogP contribution >= 0.6 is 0 Å². The smallest absolute Gasteiger partial charge is 0.217 e. The minimum atomic E-state index is 0.667. The number of benzene rings is 1. The van der Waals surface area contributed by atoms with Crippen molar-refractivity contribution in [2.45, 2.75) is 13.1 Å². The summed E-state index contributed by atoms with van der Waals surface area (Å²) in [6, 6.07) is 11.9. The summed E-state index contributed by atoms with van der Waals surface area (Å²) in [5, 5.41) is 3.37. The lowest BCUT2D eigenvalue weighted by Gasteiger charge is -2.09. The van der Waals surface area contributed by atoms with Gasteiger partial charge in [-0.05, 0) is 23.8 Å². The summed E-state index contributed by atoms with van der Waals surface area (Å²) in [5.41, 5.74) is 2.23. The van der Waals surface area contributed by atoms with Crippen LogP contribution in [0.5, 0.6) is 11.6 Å². The van der Waals surface area contributed by atoms with Crippen molar-refractivity contribution in [1.82, 2.24) is 10.3 Å². The van der Waals surface area contributed by atoms with Crippen LogP contribution in [0.2, 0.25) is 0 Å². The van der Waals surface area contributed by atoms with E-state index in [2.05, 4.69) is 16.4 Å². The third kappa shape index (κ3) is 3.69. The van der Waals surface area contributed by atoms with Crippen molar-refractivity contribution in [3.8, 4) is 11.6 Å². The molecule has 0 atom stereocenters. The highest BCUT2D eigenvalue weighted by Crippen LogP contribution is 2.14. The maximum absolute atomic E-state index is 5.21. The number of ether oxygens (including phenoxy) is 2. The minimum Gasteiger partial charge on any atom is -0.497 e. The maximum Gasteiger partial charge on any atom is 0.217 e. The molecule has 1 N–H and O–H groups in total. The van der Waals surface area contributed by atoms with Crippen LogP contribution in [0.15, 0.2) is 42.6 Å². The normalized spacial score (nSPS) is 10.2. The molecular weight excluding hydrogens is 240 g/mol. The van der Waals surface area contributed by atoms with Crippen molar-refractivity contribution in [2.24, 2.45) is 0 Å². The van der Waals surface area contributed by atoms with Crippen LogP contribution in [0.3, 0.4) is 0 Å². The second-order valence-corrected chi connectivity index (χ2v) is 4.13. The number of hydrogen-bond donors (Lipinski definition) is 1. The SMILES string of the molecule is COc1cccc(CNCc2cccnc2OC)c1. The highest BCUT2D eigenvalue weighted by molar-refractivity contribution is 5.29. The third-order valence-electron chi connectivity index (χ3n) is 2.82. The Morgan fingerprint density at radius 3 is 2.74 bits per heavy atom. The number of pyridine rings is 1. The Kier molecular flexibility index (Phi) is 4.75. The van der Waals surface area contributed by atoms with Crippen LogP contribution in [0.4, 0.5) is 0 Å². The lowest BCUT2D eigenvalue weighted by molar-refractivity contribution is 0.390. The lowest BCUT2D eigenvalue weighted by atomic mass is 10.2. The number of aromatic nitrogens is 1. The number of methoxy groups -OCH3 is 2. The topological polar surface area (TPSA) is 43.4 Å². The summed E-state index contributed by atoms with van der Waals surface area (Å²) in [7, 11) is 3.31. The molecule has 0 fully saturated rings. The van der Waals surface area contributed by atoms with Gasteiger partial charge in [-0.3, -0.25) is 0 Å². The second-order valence-electron chi connectivity index (χ2n) is 4.13. The first-order valence-corrected chi connectivity index (χ1v) is 6.15. The Morgan fingerprint density at radius 2 is 1.95 bits per heavy atom. The summed E-state index contributed by atoms with van der Waals surface area (Å²) in [4.78, 5) is 4.17. The van der Waals surface area contributed by atoms with E-state index in [0.717, 1.165) is 17.9 Å². The van der Waals surface area contributed by atoms with E-state index in [1.165, 1.54) is 5.56 Å². The number of rotatable bonds is 6. The molecule has 0 aliphatic heterocycles. The van der Waals surface area contributed by atoms with Gasteiger partial charge in [-0.1, -0.05) is 18.2 Å². The first-order chi connectivity index (χ1) is 9.33. The van der Waals surface area contributed by atoms with Gasteiger partial charge in [0.2, 0.25) is 5.88 Å². The van der Waals surface area contributed by atoms with E-state index in [1.807, 2.05) is 30.3 Å². The highest BCUT2D eigenvalue weighted by atomic mass is 16.5. The predicted molar refractivity (Wildman–Crippen MR) is 74.3 cm³/mol. The molecule has 4 nitrogen and oxygen atoms in total. The molecule has 2 aromatic rings. The largest absolute Gasteiger partial charge is 0.497 e. The molecule has 0 unspecified atom stereocenters. The van der Waals surface area contributed by atoms with Gasteiger partial charge in [-0.25, -0.2) is 4.98 Å². The molecular formula is C15H18N2O2. The van der Waals surface area contributed by atoms with E-state index in [1.54, 1.807) is 20.4 Å². The summed E-state index contributed by atoms with van der Waals surface area (Å²) in [6.45, 7) is 1.49. The molecule has 1 aromatic carbocycles. The van der Waals surface area contributed by atoms with Gasteiger partial charge in [0.05, 0.1) is 14.2 Å². The van der Waals surface area contributed by atoms with Gasteiger partial charge >= 0.3 is 0 Å². The Bertz CT molecular complexity index is 529. The van der Waals surface area contributed by atoms with Crippen LogP contribution in [0.1, 0.15) is 11.1 Å². The molecule has 0 bridgehead atoms. The summed E-state index contributed by atoms with van der Waals surface area (Å²) < 4.78 is 10.4. The summed E-state index contributed by atoms with van der Waals surface area (Å²) >= 11 is 0. The molecule has 100 valence electrons. The average Bonchev–Trinajstić information content (AvgIpc) is 2.48. The molecule has 1 aromatic heterocycles. The van der Waals surface area contributed by atoms with Crippen LogP contribution in [-0.4, -0.2) is 19.2 Å². The molecule has 4 heteroatoms. The van der Waals surface area contributed by atoms with Crippen molar-refractivity contribution < 1.29 is 9.47 Å². The van der Waals surface area contributed by atoms with Gasteiger partial charge in [0.15, 0.2) is 0 Å². The molecule has 0 aliphatic rings. The number of hydrogen-bond acceptors (Lipinski definition) is 4. The summed E-state index contributed by atoms with van der Waals surface area (Å²) in [5.74, 6) is 1.54. The zero-order valence-electron chi connectivity index (χ0n) is 11.2. The molecule has 19 heavy (non-hydrogen) atoms. The molecule has 2 rings (SSSR count). The van der Waals surface area contributed by atoms with E-state index in [-0.39, 0.29) is 0 Å². The van der Waals surface area contributed by atoms with Crippen molar-refractivity contribution in [3.63, 3.8) is 0 Å². The Labute approximate surface area is 113 Å². The van der Waals surface area contributed by atoms with E-state index < -0.39 is 0 Å². The van der Waals surface area contributed by atoms with Crippen molar-refractivity contribution in [1.29, 1.82) is 0 Å². The van der Waals surface area contributed by atoms with Gasteiger partial charge < -0.3 is 14.8 Å². The Balaban J connectivity index is 1.92. The van der Waals surface area contributed by atoms with Gasteiger partial charge in [-0.2, -0.15) is 0 Å². The average molecular weight is 258 g/mol. The number of nitrogens with one attached hydrogen (secondary N) is 1. The van der Waals surface area contributed by atoms with E-state index >= 15 is 0 Å². The van der Waals surface area contributed by atoms with Gasteiger partial charge in [0.25, 0.3) is 0 Å². The predicted octanol–water partition coefficient (Wildman–Crippen LogP) is 2.39. The lowest BCUT2D eigenvalue weighted by Crippen LogP contribution is -2.13. The molecule has 0 saturated carbocycles. The van der Waals surface area contributed by atoms with Gasteiger partial charge in [0.1, 0.15) is 5.75 Å². The zero-order chi connectivity index (χ0) is 13.5. The molecule has 1 heterocycles. The number of nitrogens with zero attached hydrogens (tertiary/aromatic N) is 1. The third-order valence-corrected chi connectivity index (χ3v) is 2.82. The summed E-state index contributed by atoms with van der Waals surface area (Å²) in [6.07, 6.45) is 1.73. The molecule has 0 saturated heterocycles. The molecule has 0 aliphatic carbocycles. The van der Waals surface area contributed by atoms with Crippen LogP contribution in [0.25, 0.3) is 0 Å². The molecule has 0 spiro atoms.